The zero-order valence-electron chi connectivity index (χ0n) is 15.4. The third-order valence-corrected chi connectivity index (χ3v) is 5.30. The molecule has 8 heteroatoms. The summed E-state index contributed by atoms with van der Waals surface area (Å²) < 4.78 is 18.7. The van der Waals surface area contributed by atoms with Gasteiger partial charge in [0.15, 0.2) is 0 Å². The van der Waals surface area contributed by atoms with E-state index in [9.17, 15) is 9.18 Å². The van der Waals surface area contributed by atoms with Crippen molar-refractivity contribution in [3.63, 3.8) is 0 Å². The molecule has 0 aromatic heterocycles. The molecule has 1 saturated carbocycles. The minimum Gasteiger partial charge on any atom is -0.379 e. The van der Waals surface area contributed by atoms with Crippen molar-refractivity contribution < 1.29 is 13.9 Å². The minimum atomic E-state index is -0.246. The van der Waals surface area contributed by atoms with Gasteiger partial charge in [-0.05, 0) is 37.0 Å². The van der Waals surface area contributed by atoms with Gasteiger partial charge < -0.3 is 15.8 Å². The van der Waals surface area contributed by atoms with Crippen LogP contribution in [0, 0.1) is 11.7 Å². The fourth-order valence-electron chi connectivity index (χ4n) is 3.84. The van der Waals surface area contributed by atoms with E-state index in [1.165, 1.54) is 12.1 Å². The van der Waals surface area contributed by atoms with Gasteiger partial charge in [-0.3, -0.25) is 9.69 Å². The Labute approximate surface area is 173 Å². The molecule has 1 aromatic rings. The number of carbonyl (C=O) groups is 1. The van der Waals surface area contributed by atoms with Crippen molar-refractivity contribution in [1.82, 2.24) is 10.2 Å². The molecule has 3 atom stereocenters. The van der Waals surface area contributed by atoms with Gasteiger partial charge in [-0.15, -0.1) is 24.8 Å². The Morgan fingerprint density at radius 3 is 2.52 bits per heavy atom. The fraction of sp³-hybridized carbons (Fsp3) is 0.632. The molecule has 0 spiro atoms. The second-order valence-corrected chi connectivity index (χ2v) is 7.08. The Morgan fingerprint density at radius 2 is 1.89 bits per heavy atom. The normalized spacial score (nSPS) is 24.2. The van der Waals surface area contributed by atoms with E-state index in [2.05, 4.69) is 10.2 Å². The fourth-order valence-corrected chi connectivity index (χ4v) is 3.84. The van der Waals surface area contributed by atoms with E-state index in [1.54, 1.807) is 12.1 Å². The van der Waals surface area contributed by atoms with Crippen molar-refractivity contribution in [2.24, 2.45) is 11.7 Å². The van der Waals surface area contributed by atoms with Crippen LogP contribution in [0.2, 0.25) is 0 Å². The molecule has 1 amide bonds. The van der Waals surface area contributed by atoms with Crippen molar-refractivity contribution in [1.29, 1.82) is 0 Å². The second-order valence-electron chi connectivity index (χ2n) is 7.08. The summed E-state index contributed by atoms with van der Waals surface area (Å²) in [5, 5.41) is 3.11. The molecule has 1 saturated heterocycles. The summed E-state index contributed by atoms with van der Waals surface area (Å²) in [5.41, 5.74) is 7.02. The van der Waals surface area contributed by atoms with Crippen LogP contribution in [-0.2, 0) is 9.53 Å². The summed E-state index contributed by atoms with van der Waals surface area (Å²) in [6, 6.07) is 6.73. The van der Waals surface area contributed by atoms with Crippen LogP contribution in [0.25, 0.3) is 0 Å². The largest absolute Gasteiger partial charge is 0.379 e. The Morgan fingerprint density at radius 1 is 1.22 bits per heavy atom. The van der Waals surface area contributed by atoms with Gasteiger partial charge in [0.1, 0.15) is 5.82 Å². The van der Waals surface area contributed by atoms with Gasteiger partial charge in [0.05, 0.1) is 19.3 Å². The highest BCUT2D eigenvalue weighted by molar-refractivity contribution is 5.85. The number of halogens is 3. The average molecular weight is 422 g/mol. The maximum absolute atomic E-state index is 13.3. The molecule has 1 aliphatic heterocycles. The van der Waals surface area contributed by atoms with E-state index in [0.29, 0.717) is 19.8 Å². The average Bonchev–Trinajstić information content (AvgIpc) is 2.64. The first-order valence-corrected chi connectivity index (χ1v) is 9.24. The zero-order valence-corrected chi connectivity index (χ0v) is 17.1. The molecular formula is C19H30Cl2FN3O2. The summed E-state index contributed by atoms with van der Waals surface area (Å²) in [6.45, 7) is 3.51. The highest BCUT2D eigenvalue weighted by Gasteiger charge is 2.27. The molecule has 0 bridgehead atoms. The first kappa shape index (κ1) is 24.1. The lowest BCUT2D eigenvalue weighted by Crippen LogP contribution is -2.45. The first-order chi connectivity index (χ1) is 12.1. The minimum absolute atomic E-state index is 0. The van der Waals surface area contributed by atoms with Gasteiger partial charge in [-0.1, -0.05) is 18.6 Å². The molecule has 3 unspecified atom stereocenters. The molecule has 1 heterocycles. The Balaban J connectivity index is 0.00000182. The highest BCUT2D eigenvalue weighted by atomic mass is 35.5. The number of hydrogen-bond donors (Lipinski definition) is 2. The molecule has 27 heavy (non-hydrogen) atoms. The smallest absolute Gasteiger partial charge is 0.223 e. The van der Waals surface area contributed by atoms with Crippen molar-refractivity contribution in [3.05, 3.63) is 35.6 Å². The maximum Gasteiger partial charge on any atom is 0.223 e. The highest BCUT2D eigenvalue weighted by Crippen LogP contribution is 2.25. The molecule has 0 radical (unpaired) electrons. The van der Waals surface area contributed by atoms with Crippen molar-refractivity contribution in [2.75, 3.05) is 32.8 Å². The number of carbonyl (C=O) groups excluding carboxylic acids is 1. The monoisotopic (exact) mass is 421 g/mol. The number of hydrogen-bond acceptors (Lipinski definition) is 4. The predicted octanol–water partition coefficient (Wildman–Crippen LogP) is 2.68. The number of amides is 1. The van der Waals surface area contributed by atoms with E-state index in [-0.39, 0.29) is 54.5 Å². The van der Waals surface area contributed by atoms with Crippen LogP contribution < -0.4 is 11.1 Å². The van der Waals surface area contributed by atoms with Crippen LogP contribution in [0.1, 0.15) is 37.3 Å². The molecule has 2 aliphatic rings. The van der Waals surface area contributed by atoms with Crippen LogP contribution >= 0.6 is 24.8 Å². The van der Waals surface area contributed by atoms with Gasteiger partial charge in [0.2, 0.25) is 5.91 Å². The molecule has 154 valence electrons. The Bertz CT molecular complexity index is 571. The van der Waals surface area contributed by atoms with E-state index < -0.39 is 0 Å². The zero-order chi connectivity index (χ0) is 17.6. The summed E-state index contributed by atoms with van der Waals surface area (Å²) >= 11 is 0. The summed E-state index contributed by atoms with van der Waals surface area (Å²) in [4.78, 5) is 14.8. The van der Waals surface area contributed by atoms with Crippen LogP contribution in [0.4, 0.5) is 4.39 Å². The summed E-state index contributed by atoms with van der Waals surface area (Å²) in [7, 11) is 0. The number of nitrogens with two attached hydrogens (primary N) is 1. The maximum atomic E-state index is 13.3. The van der Waals surface area contributed by atoms with Crippen LogP contribution in [0.3, 0.4) is 0 Å². The lowest BCUT2D eigenvalue weighted by atomic mass is 9.85. The third kappa shape index (κ3) is 6.88. The second kappa shape index (κ2) is 11.8. The first-order valence-electron chi connectivity index (χ1n) is 9.24. The van der Waals surface area contributed by atoms with E-state index >= 15 is 0 Å². The molecule has 3 rings (SSSR count). The quantitative estimate of drug-likeness (QED) is 0.766. The number of nitrogens with zero attached hydrogens (tertiary/aromatic N) is 1. The lowest BCUT2D eigenvalue weighted by molar-refractivity contribution is -0.126. The standard InChI is InChI=1S/C19H28FN3O2.2ClH/c20-16-6-4-14(5-7-16)18(23-8-10-25-11-9-23)13-22-19(24)15-2-1-3-17(21)12-15;;/h4-7,15,17-18H,1-3,8-13,21H2,(H,22,24);2*1H. The number of morpholine rings is 1. The van der Waals surface area contributed by atoms with Crippen LogP contribution in [-0.4, -0.2) is 49.7 Å². The third-order valence-electron chi connectivity index (χ3n) is 5.30. The van der Waals surface area contributed by atoms with E-state index in [1.807, 2.05) is 0 Å². The molecule has 2 fully saturated rings. The van der Waals surface area contributed by atoms with Gasteiger partial charge >= 0.3 is 0 Å². The number of benzene rings is 1. The summed E-state index contributed by atoms with van der Waals surface area (Å²) in [5.74, 6) is -0.137. The van der Waals surface area contributed by atoms with Crippen molar-refractivity contribution in [3.8, 4) is 0 Å². The van der Waals surface area contributed by atoms with Crippen LogP contribution in [0.5, 0.6) is 0 Å². The number of nitrogens with one attached hydrogen (secondary N) is 1. The van der Waals surface area contributed by atoms with Crippen molar-refractivity contribution >= 4 is 30.7 Å². The van der Waals surface area contributed by atoms with Gasteiger partial charge in [0.25, 0.3) is 0 Å². The molecule has 1 aliphatic carbocycles. The SMILES string of the molecule is Cl.Cl.NC1CCCC(C(=O)NCC(c2ccc(F)cc2)N2CCOCC2)C1. The van der Waals surface area contributed by atoms with Crippen molar-refractivity contribution in [2.45, 2.75) is 37.8 Å². The summed E-state index contributed by atoms with van der Waals surface area (Å²) in [6.07, 6.45) is 3.71. The lowest BCUT2D eigenvalue weighted by Gasteiger charge is -2.35. The number of rotatable bonds is 5. The molecule has 5 nitrogen and oxygen atoms in total. The van der Waals surface area contributed by atoms with Gasteiger partial charge in [-0.2, -0.15) is 0 Å². The molecule has 3 N–H and O–H groups in total. The number of ether oxygens (including phenoxy) is 1. The molecule has 1 aromatic carbocycles. The molecular weight excluding hydrogens is 392 g/mol. The Hall–Kier alpha value is -0.920. The predicted molar refractivity (Wildman–Crippen MR) is 109 cm³/mol. The van der Waals surface area contributed by atoms with E-state index in [4.69, 9.17) is 10.5 Å². The van der Waals surface area contributed by atoms with Gasteiger partial charge in [0, 0.05) is 31.6 Å². The van der Waals surface area contributed by atoms with Gasteiger partial charge in [-0.25, -0.2) is 4.39 Å². The van der Waals surface area contributed by atoms with Crippen LogP contribution in [0.15, 0.2) is 24.3 Å². The van der Waals surface area contributed by atoms with E-state index in [0.717, 1.165) is 44.3 Å². The Kier molecular flexibility index (Phi) is 10.6. The topological polar surface area (TPSA) is 67.6 Å².